The van der Waals surface area contributed by atoms with Crippen LogP contribution in [0.5, 0.6) is 0 Å². The molecule has 4 rings (SSSR count). The Bertz CT molecular complexity index is 1240. The number of pyridine rings is 3. The molecule has 0 spiro atoms. The van der Waals surface area contributed by atoms with Gasteiger partial charge in [-0.05, 0) is 50.5 Å². The number of Topliss-reactive ketones (excluding diaryl/α,β-unsaturated/α-hetero) is 1. The number of nitrogens with zero attached hydrogens (tertiary/aromatic N) is 3. The minimum absolute atomic E-state index is 0.0390. The van der Waals surface area contributed by atoms with Crippen LogP contribution in [0.1, 0.15) is 49.2 Å². The maximum atomic E-state index is 12.4. The smallest absolute Gasteiger partial charge is 0.309 e. The Morgan fingerprint density at radius 3 is 2.48 bits per heavy atom. The third-order valence-electron chi connectivity index (χ3n) is 5.72. The molecular weight excluding hydrogens is 420 g/mol. The second-order valence-electron chi connectivity index (χ2n) is 8.23. The Hall–Kier alpha value is -3.68. The molecule has 1 aliphatic carbocycles. The number of ether oxygens (including phenoxy) is 1. The summed E-state index contributed by atoms with van der Waals surface area (Å²) < 4.78 is 4.98. The van der Waals surface area contributed by atoms with E-state index in [0.29, 0.717) is 31.0 Å². The minimum Gasteiger partial charge on any atom is -0.466 e. The summed E-state index contributed by atoms with van der Waals surface area (Å²) in [5.74, 6) is -0.845. The molecule has 8 heteroatoms. The molecule has 1 amide bonds. The molecule has 170 valence electrons. The molecule has 0 bridgehead atoms. The largest absolute Gasteiger partial charge is 0.466 e. The molecule has 1 N–H and O–H groups in total. The fourth-order valence-corrected chi connectivity index (χ4v) is 3.80. The van der Waals surface area contributed by atoms with Crippen LogP contribution in [-0.4, -0.2) is 39.2 Å². The van der Waals surface area contributed by atoms with Crippen LogP contribution < -0.4 is 5.32 Å². The van der Waals surface area contributed by atoms with Gasteiger partial charge in [-0.1, -0.05) is 6.92 Å². The van der Waals surface area contributed by atoms with E-state index in [1.165, 1.54) is 0 Å². The van der Waals surface area contributed by atoms with Crippen LogP contribution in [0.15, 0.2) is 36.8 Å². The zero-order valence-corrected chi connectivity index (χ0v) is 18.9. The number of aryl methyl sites for hydroxylation is 1. The lowest BCUT2D eigenvalue weighted by Crippen LogP contribution is -2.18. The molecule has 2 atom stereocenters. The first-order chi connectivity index (χ1) is 15.9. The number of esters is 1. The molecular formula is C25H26N4O4. The van der Waals surface area contributed by atoms with Crippen molar-refractivity contribution in [2.75, 3.05) is 11.9 Å². The Kier molecular flexibility index (Phi) is 6.44. The van der Waals surface area contributed by atoms with Crippen LogP contribution in [0, 0.1) is 18.8 Å². The number of hydrogen-bond donors (Lipinski definition) is 1. The summed E-state index contributed by atoms with van der Waals surface area (Å²) in [6.07, 6.45) is 6.84. The maximum absolute atomic E-state index is 12.4. The molecule has 1 fully saturated rings. The van der Waals surface area contributed by atoms with E-state index in [0.717, 1.165) is 34.0 Å². The molecule has 0 aromatic carbocycles. The van der Waals surface area contributed by atoms with Gasteiger partial charge >= 0.3 is 5.97 Å². The van der Waals surface area contributed by atoms with Crippen molar-refractivity contribution in [1.29, 1.82) is 0 Å². The number of ketones is 1. The van der Waals surface area contributed by atoms with Gasteiger partial charge in [0.2, 0.25) is 5.91 Å². The number of nitrogens with one attached hydrogen (secondary N) is 1. The summed E-state index contributed by atoms with van der Waals surface area (Å²) in [6.45, 7) is 5.95. The first kappa shape index (κ1) is 22.5. The fourth-order valence-electron chi connectivity index (χ4n) is 3.80. The highest BCUT2D eigenvalue weighted by molar-refractivity contribution is 5.99. The minimum atomic E-state index is -0.371. The fraction of sp³-hybridized carbons (Fsp3) is 0.360. The molecule has 33 heavy (non-hydrogen) atoms. The van der Waals surface area contributed by atoms with Crippen molar-refractivity contribution >= 4 is 34.3 Å². The zero-order valence-electron chi connectivity index (χ0n) is 18.9. The van der Waals surface area contributed by atoms with E-state index in [1.807, 2.05) is 19.9 Å². The highest BCUT2D eigenvalue weighted by Gasteiger charge is 2.49. The van der Waals surface area contributed by atoms with E-state index < -0.39 is 0 Å². The van der Waals surface area contributed by atoms with Gasteiger partial charge in [-0.25, -0.2) is 4.98 Å². The summed E-state index contributed by atoms with van der Waals surface area (Å²) in [5, 5.41) is 4.46. The number of fused-ring (bicyclic) bond motifs is 1. The molecule has 0 saturated heterocycles. The number of anilines is 1. The number of amides is 1. The molecule has 0 unspecified atom stereocenters. The first-order valence-electron chi connectivity index (χ1n) is 11.1. The van der Waals surface area contributed by atoms with Crippen molar-refractivity contribution in [3.8, 4) is 11.3 Å². The van der Waals surface area contributed by atoms with Crippen LogP contribution in [0.4, 0.5) is 5.82 Å². The maximum Gasteiger partial charge on any atom is 0.309 e. The van der Waals surface area contributed by atoms with Gasteiger partial charge in [-0.3, -0.25) is 24.4 Å². The summed E-state index contributed by atoms with van der Waals surface area (Å²) in [5.41, 5.74) is 2.98. The highest BCUT2D eigenvalue weighted by atomic mass is 16.5. The van der Waals surface area contributed by atoms with Crippen molar-refractivity contribution in [2.45, 2.75) is 40.0 Å². The summed E-state index contributed by atoms with van der Waals surface area (Å²) >= 11 is 0. The van der Waals surface area contributed by atoms with Gasteiger partial charge in [-0.15, -0.1) is 0 Å². The Morgan fingerprint density at radius 2 is 1.76 bits per heavy atom. The molecule has 1 aliphatic rings. The molecule has 0 radical (unpaired) electrons. The molecule has 8 nitrogen and oxygen atoms in total. The second kappa shape index (κ2) is 9.44. The number of carbonyl (C=O) groups is 3. The van der Waals surface area contributed by atoms with Crippen LogP contribution >= 0.6 is 0 Å². The van der Waals surface area contributed by atoms with Gasteiger partial charge in [-0.2, -0.15) is 0 Å². The molecule has 3 heterocycles. The third-order valence-corrected chi connectivity index (χ3v) is 5.72. The van der Waals surface area contributed by atoms with Gasteiger partial charge < -0.3 is 10.1 Å². The predicted molar refractivity (Wildman–Crippen MR) is 124 cm³/mol. The number of aromatic nitrogens is 3. The lowest BCUT2D eigenvalue weighted by atomic mass is 10.0. The predicted octanol–water partition coefficient (Wildman–Crippen LogP) is 4.12. The van der Waals surface area contributed by atoms with Crippen LogP contribution in [0.3, 0.4) is 0 Å². The first-order valence-corrected chi connectivity index (χ1v) is 11.1. The Labute approximate surface area is 191 Å². The van der Waals surface area contributed by atoms with E-state index in [9.17, 15) is 14.4 Å². The SMILES string of the molecule is CCCC(=O)c1cc(C)c(-c2cc3cnc(NC(=O)[C@@H]4C[C@H]4C(=O)OCC)cc3cn2)cn1. The standard InChI is InChI=1S/C25H26N4O4/c1-4-6-22(30)21-7-14(3)19(13-27-21)20-8-15-12-28-23(9-16(15)11-26-20)29-24(31)17-10-18(17)25(32)33-5-2/h7-9,11-13,17-18H,4-6,10H2,1-3H3,(H,28,29,31)/t17-,18-/m1/s1. The molecule has 3 aromatic heterocycles. The Balaban J connectivity index is 1.49. The van der Waals surface area contributed by atoms with Gasteiger partial charge in [0.25, 0.3) is 0 Å². The highest BCUT2D eigenvalue weighted by Crippen LogP contribution is 2.40. The van der Waals surface area contributed by atoms with Gasteiger partial charge in [0.1, 0.15) is 11.5 Å². The average molecular weight is 447 g/mol. The molecule has 0 aliphatic heterocycles. The third kappa shape index (κ3) is 4.89. The van der Waals surface area contributed by atoms with Crippen molar-refractivity contribution in [2.24, 2.45) is 11.8 Å². The van der Waals surface area contributed by atoms with Crippen molar-refractivity contribution in [3.63, 3.8) is 0 Å². The molecule has 3 aromatic rings. The number of carbonyl (C=O) groups excluding carboxylic acids is 3. The lowest BCUT2D eigenvalue weighted by molar-refractivity contribution is -0.145. The second-order valence-corrected chi connectivity index (χ2v) is 8.23. The summed E-state index contributed by atoms with van der Waals surface area (Å²) in [6, 6.07) is 5.46. The van der Waals surface area contributed by atoms with Gasteiger partial charge in [0.05, 0.1) is 24.1 Å². The van der Waals surface area contributed by atoms with E-state index in [1.54, 1.807) is 37.6 Å². The normalized spacial score (nSPS) is 16.9. The Morgan fingerprint density at radius 1 is 1.00 bits per heavy atom. The van der Waals surface area contributed by atoms with Crippen LogP contribution in [0.2, 0.25) is 0 Å². The summed E-state index contributed by atoms with van der Waals surface area (Å²) in [4.78, 5) is 49.5. The monoisotopic (exact) mass is 446 g/mol. The van der Waals surface area contributed by atoms with Gasteiger partial charge in [0, 0.05) is 41.3 Å². The number of rotatable bonds is 8. The zero-order chi connectivity index (χ0) is 23.5. The van der Waals surface area contributed by atoms with E-state index in [2.05, 4.69) is 20.3 Å². The quantitative estimate of drug-likeness (QED) is 0.409. The van der Waals surface area contributed by atoms with Crippen molar-refractivity contribution in [3.05, 3.63) is 48.0 Å². The topological polar surface area (TPSA) is 111 Å². The van der Waals surface area contributed by atoms with Crippen LogP contribution in [-0.2, 0) is 14.3 Å². The summed E-state index contributed by atoms with van der Waals surface area (Å²) in [7, 11) is 0. The average Bonchev–Trinajstić information content (AvgIpc) is 3.60. The number of hydrogen-bond acceptors (Lipinski definition) is 7. The van der Waals surface area contributed by atoms with Gasteiger partial charge in [0.15, 0.2) is 5.78 Å². The van der Waals surface area contributed by atoms with E-state index in [-0.39, 0.29) is 29.5 Å². The van der Waals surface area contributed by atoms with Crippen molar-refractivity contribution < 1.29 is 19.1 Å². The van der Waals surface area contributed by atoms with E-state index in [4.69, 9.17) is 4.74 Å². The molecule has 1 saturated carbocycles. The van der Waals surface area contributed by atoms with Crippen molar-refractivity contribution in [1.82, 2.24) is 15.0 Å². The van der Waals surface area contributed by atoms with E-state index >= 15 is 0 Å². The van der Waals surface area contributed by atoms with Crippen LogP contribution in [0.25, 0.3) is 22.0 Å². The lowest BCUT2D eigenvalue weighted by Gasteiger charge is -2.09.